The van der Waals surface area contributed by atoms with Gasteiger partial charge in [0.15, 0.2) is 0 Å². The number of nitrogens with one attached hydrogen (secondary N) is 1. The van der Waals surface area contributed by atoms with Gasteiger partial charge in [-0.2, -0.15) is 0 Å². The van der Waals surface area contributed by atoms with Crippen molar-refractivity contribution in [1.82, 2.24) is 4.98 Å². The van der Waals surface area contributed by atoms with Gasteiger partial charge in [-0.05, 0) is 25.0 Å². The highest BCUT2D eigenvalue weighted by molar-refractivity contribution is 5.99. The van der Waals surface area contributed by atoms with E-state index in [0.717, 1.165) is 13.0 Å². The van der Waals surface area contributed by atoms with Crippen LogP contribution in [-0.4, -0.2) is 35.0 Å². The number of hydrogen-bond acceptors (Lipinski definition) is 4. The molecule has 7 heteroatoms. The zero-order valence-electron chi connectivity index (χ0n) is 10.4. The number of halogens is 1. The van der Waals surface area contributed by atoms with Gasteiger partial charge in [0.05, 0.1) is 11.5 Å². The molecule has 1 atom stereocenters. The van der Waals surface area contributed by atoms with Gasteiger partial charge in [-0.15, -0.1) is 12.4 Å². The number of pyridine rings is 1. The number of rotatable bonds is 3. The first-order valence-corrected chi connectivity index (χ1v) is 5.86. The largest absolute Gasteiger partial charge is 0.481 e. The Bertz CT molecular complexity index is 481. The molecule has 1 fully saturated rings. The molecule has 1 aliphatic rings. The predicted octanol–water partition coefficient (Wildman–Crippen LogP) is 1.09. The summed E-state index contributed by atoms with van der Waals surface area (Å²) < 4.78 is 0. The van der Waals surface area contributed by atoms with Gasteiger partial charge in [0.1, 0.15) is 11.7 Å². The number of aromatic nitrogens is 1. The molecule has 2 heterocycles. The number of nitrogens with two attached hydrogens (primary N) is 1. The van der Waals surface area contributed by atoms with Crippen LogP contribution >= 0.6 is 12.4 Å². The Balaban J connectivity index is 0.00000180. The molecule has 2 rings (SSSR count). The van der Waals surface area contributed by atoms with Crippen LogP contribution in [0.4, 0.5) is 5.82 Å². The van der Waals surface area contributed by atoms with E-state index in [2.05, 4.69) is 4.98 Å². The fraction of sp³-hybridized carbons (Fsp3) is 0.417. The summed E-state index contributed by atoms with van der Waals surface area (Å²) in [7, 11) is 0. The Morgan fingerprint density at radius 3 is 2.95 bits per heavy atom. The summed E-state index contributed by atoms with van der Waals surface area (Å²) in [5.74, 6) is -0.591. The van der Waals surface area contributed by atoms with E-state index >= 15 is 0 Å². The summed E-state index contributed by atoms with van der Waals surface area (Å²) in [6.45, 7) is 1.17. The Hall–Kier alpha value is -1.82. The molecule has 1 unspecified atom stereocenters. The van der Waals surface area contributed by atoms with E-state index in [9.17, 15) is 4.79 Å². The molecule has 0 bridgehead atoms. The Morgan fingerprint density at radius 1 is 1.58 bits per heavy atom. The van der Waals surface area contributed by atoms with E-state index in [1.54, 1.807) is 18.3 Å². The van der Waals surface area contributed by atoms with Crippen molar-refractivity contribution in [2.45, 2.75) is 12.8 Å². The Kier molecular flexibility index (Phi) is 5.11. The fourth-order valence-corrected chi connectivity index (χ4v) is 2.23. The van der Waals surface area contributed by atoms with Crippen molar-refractivity contribution in [3.8, 4) is 0 Å². The standard InChI is InChI=1S/C12H16N4O2.ClH/c13-10(14)9-4-1-5-15-11(9)16-6-2-3-8(7-16)12(17)18;/h1,4-5,8H,2-3,6-7H2,(H3,13,14)(H,17,18);1H. The van der Waals surface area contributed by atoms with Crippen LogP contribution < -0.4 is 10.6 Å². The molecule has 0 aromatic carbocycles. The highest BCUT2D eigenvalue weighted by Gasteiger charge is 2.27. The zero-order valence-corrected chi connectivity index (χ0v) is 11.2. The minimum Gasteiger partial charge on any atom is -0.481 e. The van der Waals surface area contributed by atoms with Crippen molar-refractivity contribution >= 4 is 30.0 Å². The lowest BCUT2D eigenvalue weighted by Crippen LogP contribution is -2.40. The number of carboxylic acid groups (broad SMARTS) is 1. The number of piperidine rings is 1. The molecule has 1 aliphatic heterocycles. The van der Waals surface area contributed by atoms with Crippen molar-refractivity contribution < 1.29 is 9.90 Å². The smallest absolute Gasteiger partial charge is 0.308 e. The third-order valence-corrected chi connectivity index (χ3v) is 3.15. The zero-order chi connectivity index (χ0) is 13.1. The number of carbonyl (C=O) groups is 1. The second-order valence-electron chi connectivity index (χ2n) is 4.41. The number of hydrogen-bond donors (Lipinski definition) is 3. The number of anilines is 1. The van der Waals surface area contributed by atoms with E-state index < -0.39 is 5.97 Å². The van der Waals surface area contributed by atoms with E-state index in [4.69, 9.17) is 16.2 Å². The maximum Gasteiger partial charge on any atom is 0.308 e. The minimum atomic E-state index is -0.778. The van der Waals surface area contributed by atoms with Gasteiger partial charge in [-0.1, -0.05) is 0 Å². The summed E-state index contributed by atoms with van der Waals surface area (Å²) in [5.41, 5.74) is 6.07. The first-order valence-electron chi connectivity index (χ1n) is 5.86. The number of nitrogens with zero attached hydrogens (tertiary/aromatic N) is 2. The number of nitrogen functional groups attached to an aromatic ring is 1. The van der Waals surface area contributed by atoms with Crippen molar-refractivity contribution in [2.75, 3.05) is 18.0 Å². The molecule has 6 nitrogen and oxygen atoms in total. The molecular formula is C12H17ClN4O2. The maximum atomic E-state index is 11.0. The Labute approximate surface area is 117 Å². The molecule has 1 aromatic rings. The molecule has 4 N–H and O–H groups in total. The van der Waals surface area contributed by atoms with E-state index in [1.165, 1.54) is 0 Å². The molecule has 1 aromatic heterocycles. The number of aliphatic carboxylic acids is 1. The van der Waals surface area contributed by atoms with Crippen LogP contribution in [0.25, 0.3) is 0 Å². The quantitative estimate of drug-likeness (QED) is 0.569. The molecule has 0 radical (unpaired) electrons. The molecule has 104 valence electrons. The molecule has 19 heavy (non-hydrogen) atoms. The molecule has 0 amide bonds. The topological polar surface area (TPSA) is 103 Å². The molecule has 0 saturated carbocycles. The number of amidine groups is 1. The summed E-state index contributed by atoms with van der Waals surface area (Å²) in [6.07, 6.45) is 3.13. The lowest BCUT2D eigenvalue weighted by atomic mass is 9.98. The molecule has 0 aliphatic carbocycles. The minimum absolute atomic E-state index is 0. The lowest BCUT2D eigenvalue weighted by molar-refractivity contribution is -0.141. The monoisotopic (exact) mass is 284 g/mol. The third kappa shape index (κ3) is 3.35. The van der Waals surface area contributed by atoms with Crippen LogP contribution in [-0.2, 0) is 4.79 Å². The Morgan fingerprint density at radius 2 is 2.32 bits per heavy atom. The van der Waals surface area contributed by atoms with Crippen LogP contribution in [0.5, 0.6) is 0 Å². The molecular weight excluding hydrogens is 268 g/mol. The predicted molar refractivity (Wildman–Crippen MR) is 75.1 cm³/mol. The lowest BCUT2D eigenvalue weighted by Gasteiger charge is -2.32. The maximum absolute atomic E-state index is 11.0. The second-order valence-corrected chi connectivity index (χ2v) is 4.41. The van der Waals surface area contributed by atoms with Gasteiger partial charge in [0.25, 0.3) is 0 Å². The van der Waals surface area contributed by atoms with Gasteiger partial charge >= 0.3 is 5.97 Å². The van der Waals surface area contributed by atoms with E-state index in [1.807, 2.05) is 4.90 Å². The van der Waals surface area contributed by atoms with Gasteiger partial charge in [-0.3, -0.25) is 10.2 Å². The third-order valence-electron chi connectivity index (χ3n) is 3.15. The van der Waals surface area contributed by atoms with E-state index in [0.29, 0.717) is 24.3 Å². The van der Waals surface area contributed by atoms with Gasteiger partial charge in [0.2, 0.25) is 0 Å². The summed E-state index contributed by atoms with van der Waals surface area (Å²) in [6, 6.07) is 3.45. The SMILES string of the molecule is Cl.N=C(N)c1cccnc1N1CCCC(C(=O)O)C1. The van der Waals surface area contributed by atoms with Crippen molar-refractivity contribution in [1.29, 1.82) is 5.41 Å². The highest BCUT2D eigenvalue weighted by Crippen LogP contribution is 2.24. The molecule has 0 spiro atoms. The highest BCUT2D eigenvalue weighted by atomic mass is 35.5. The van der Waals surface area contributed by atoms with Crippen LogP contribution in [0.15, 0.2) is 18.3 Å². The van der Waals surface area contributed by atoms with Gasteiger partial charge in [-0.25, -0.2) is 4.98 Å². The average Bonchev–Trinajstić information content (AvgIpc) is 2.39. The molecule has 1 saturated heterocycles. The average molecular weight is 285 g/mol. The van der Waals surface area contributed by atoms with Crippen LogP contribution in [0.1, 0.15) is 18.4 Å². The van der Waals surface area contributed by atoms with Crippen molar-refractivity contribution in [2.24, 2.45) is 11.7 Å². The van der Waals surface area contributed by atoms with Crippen molar-refractivity contribution in [3.63, 3.8) is 0 Å². The van der Waals surface area contributed by atoms with Crippen LogP contribution in [0.3, 0.4) is 0 Å². The second kappa shape index (κ2) is 6.38. The first kappa shape index (κ1) is 15.2. The van der Waals surface area contributed by atoms with Crippen LogP contribution in [0, 0.1) is 11.3 Å². The fourth-order valence-electron chi connectivity index (χ4n) is 2.23. The number of carboxylic acids is 1. The summed E-state index contributed by atoms with van der Waals surface area (Å²) in [4.78, 5) is 17.2. The summed E-state index contributed by atoms with van der Waals surface area (Å²) in [5, 5.41) is 16.6. The van der Waals surface area contributed by atoms with E-state index in [-0.39, 0.29) is 24.2 Å². The van der Waals surface area contributed by atoms with Gasteiger partial charge < -0.3 is 15.7 Å². The summed E-state index contributed by atoms with van der Waals surface area (Å²) >= 11 is 0. The first-order chi connectivity index (χ1) is 8.59. The van der Waals surface area contributed by atoms with Crippen molar-refractivity contribution in [3.05, 3.63) is 23.9 Å². The van der Waals surface area contributed by atoms with Crippen LogP contribution in [0.2, 0.25) is 0 Å². The van der Waals surface area contributed by atoms with Gasteiger partial charge in [0, 0.05) is 19.3 Å². The normalized spacial score (nSPS) is 18.5.